The Kier molecular flexibility index (Phi) is 71.3. The molecule has 0 aliphatic heterocycles. The minimum Gasteiger partial charge on any atom is -0.477 e. The fraction of sp³-hybridized carbons (Fsp3) is 0.890. The highest BCUT2D eigenvalue weighted by molar-refractivity contribution is 5.71. The quantitative estimate of drug-likeness (QED) is 0.0211. The first-order valence-corrected chi connectivity index (χ1v) is 40.2. The molecule has 0 saturated carbocycles. The molecule has 0 aromatic heterocycles. The summed E-state index contributed by atoms with van der Waals surface area (Å²) in [5.74, 6) is -1.97. The minimum atomic E-state index is -1.51. The molecule has 9 nitrogen and oxygen atoms in total. The molecule has 0 fully saturated rings. The summed E-state index contributed by atoms with van der Waals surface area (Å²) in [5.41, 5.74) is 0. The molecule has 1 N–H and O–H groups in total. The number of likely N-dealkylation sites (N-methyl/N-ethyl adjacent to an activating group) is 1. The zero-order chi connectivity index (χ0) is 66.1. The van der Waals surface area contributed by atoms with E-state index in [4.69, 9.17) is 18.9 Å². The zero-order valence-corrected chi connectivity index (χ0v) is 61.5. The van der Waals surface area contributed by atoms with Crippen LogP contribution in [0.3, 0.4) is 0 Å². The van der Waals surface area contributed by atoms with Gasteiger partial charge in [0.15, 0.2) is 6.10 Å². The maximum absolute atomic E-state index is 13.0. The van der Waals surface area contributed by atoms with E-state index in [0.29, 0.717) is 17.4 Å². The molecule has 0 bridgehead atoms. The highest BCUT2D eigenvalue weighted by atomic mass is 16.7. The lowest BCUT2D eigenvalue weighted by Gasteiger charge is -2.25. The molecule has 0 aliphatic rings. The number of carbonyl (C=O) groups excluding carboxylic acids is 2. The first kappa shape index (κ1) is 88.5. The van der Waals surface area contributed by atoms with Crippen molar-refractivity contribution in [3.8, 4) is 0 Å². The lowest BCUT2D eigenvalue weighted by Crippen LogP contribution is -2.40. The van der Waals surface area contributed by atoms with Crippen LogP contribution in [0.15, 0.2) is 36.5 Å². The van der Waals surface area contributed by atoms with Gasteiger partial charge in [-0.3, -0.25) is 9.59 Å². The SMILES string of the molecule is CCCCCCC/C=C\C/C=C\C/C=C\CCCCCCCCCCCCCCCCCCCCCCCCCCCCC(=O)OC(COC(=O)CCCCCCCCCCCCCCCCCCCCCCCCCCC)COC(OCC[N+](C)(C)C)C(=O)O. The second kappa shape index (κ2) is 73.3. The number of carboxylic acids is 1. The van der Waals surface area contributed by atoms with Gasteiger partial charge in [-0.1, -0.05) is 384 Å². The number of carboxylic acid groups (broad SMARTS) is 1. The second-order valence-corrected chi connectivity index (χ2v) is 28.7. The lowest BCUT2D eigenvalue weighted by molar-refractivity contribution is -0.870. The van der Waals surface area contributed by atoms with Gasteiger partial charge in [-0.15, -0.1) is 0 Å². The van der Waals surface area contributed by atoms with Crippen LogP contribution in [0.5, 0.6) is 0 Å². The molecule has 0 rings (SSSR count). The van der Waals surface area contributed by atoms with Crippen LogP contribution < -0.4 is 0 Å². The third kappa shape index (κ3) is 74.8. The first-order valence-electron chi connectivity index (χ1n) is 40.2. The molecule has 536 valence electrons. The number of esters is 2. The third-order valence-corrected chi connectivity index (χ3v) is 18.4. The number of aliphatic carboxylic acids is 1. The fourth-order valence-electron chi connectivity index (χ4n) is 12.3. The normalized spacial score (nSPS) is 12.8. The predicted molar refractivity (Wildman–Crippen MR) is 392 cm³/mol. The Morgan fingerprint density at radius 2 is 0.593 bits per heavy atom. The van der Waals surface area contributed by atoms with Crippen LogP contribution in [0.1, 0.15) is 412 Å². The van der Waals surface area contributed by atoms with Gasteiger partial charge in [-0.05, 0) is 51.4 Å². The smallest absolute Gasteiger partial charge is 0.361 e. The van der Waals surface area contributed by atoms with E-state index in [1.54, 1.807) is 0 Å². The number of quaternary nitrogens is 1. The van der Waals surface area contributed by atoms with E-state index in [0.717, 1.165) is 51.4 Å². The van der Waals surface area contributed by atoms with Gasteiger partial charge < -0.3 is 28.5 Å². The van der Waals surface area contributed by atoms with Gasteiger partial charge in [-0.25, -0.2) is 4.79 Å². The Morgan fingerprint density at radius 3 is 0.879 bits per heavy atom. The number of ether oxygens (including phenoxy) is 4. The number of nitrogens with zero attached hydrogens (tertiary/aromatic N) is 1. The lowest BCUT2D eigenvalue weighted by atomic mass is 10.0. The highest BCUT2D eigenvalue weighted by Gasteiger charge is 2.25. The molecule has 0 aromatic carbocycles. The van der Waals surface area contributed by atoms with Gasteiger partial charge in [0.1, 0.15) is 13.2 Å². The molecule has 0 radical (unpaired) electrons. The predicted octanol–water partition coefficient (Wildman–Crippen LogP) is 25.5. The molecule has 0 aliphatic carbocycles. The summed E-state index contributed by atoms with van der Waals surface area (Å²) >= 11 is 0. The summed E-state index contributed by atoms with van der Waals surface area (Å²) in [6, 6.07) is 0. The van der Waals surface area contributed by atoms with E-state index in [1.807, 2.05) is 21.1 Å². The maximum atomic E-state index is 13.0. The summed E-state index contributed by atoms with van der Waals surface area (Å²) < 4.78 is 23.1. The van der Waals surface area contributed by atoms with Gasteiger partial charge in [0, 0.05) is 12.8 Å². The summed E-state index contributed by atoms with van der Waals surface area (Å²) in [5, 5.41) is 9.77. The molecule has 0 heterocycles. The van der Waals surface area contributed by atoms with E-state index >= 15 is 0 Å². The minimum absolute atomic E-state index is 0.174. The van der Waals surface area contributed by atoms with Gasteiger partial charge in [0.05, 0.1) is 34.4 Å². The standard InChI is InChI=1S/C82H155NO8/c1-6-8-10-12-14-16-18-20-22-24-26-28-30-32-33-34-35-36-37-38-39-40-41-42-43-44-45-46-47-49-51-53-55-57-59-61-63-65-67-69-71-73-80(85)91-78(77-90-82(81(86)87)88-75-74-83(3,4)5)76-89-79(84)72-70-68-66-64-62-60-58-56-54-52-50-48-31-29-27-25-23-21-19-17-15-13-11-9-7-2/h18,20,24,26,30,32,78,82H,6-17,19,21-23,25,27-29,31,33-77H2,1-5H3/p+1/b20-18-,26-24-,32-30-. The molecule has 0 saturated heterocycles. The third-order valence-electron chi connectivity index (χ3n) is 18.4. The van der Waals surface area contributed by atoms with Crippen LogP contribution in [0.4, 0.5) is 0 Å². The van der Waals surface area contributed by atoms with Crippen molar-refractivity contribution in [3.63, 3.8) is 0 Å². The van der Waals surface area contributed by atoms with E-state index in [-0.39, 0.29) is 38.2 Å². The van der Waals surface area contributed by atoms with Crippen LogP contribution in [-0.2, 0) is 33.3 Å². The molecule has 0 aromatic rings. The number of carbonyl (C=O) groups is 3. The summed E-state index contributed by atoms with van der Waals surface area (Å²) in [6.07, 6.45) is 91.7. The van der Waals surface area contributed by atoms with E-state index in [1.165, 1.54) is 334 Å². The number of unbranched alkanes of at least 4 members (excludes halogenated alkanes) is 55. The Morgan fingerprint density at radius 1 is 0.330 bits per heavy atom. The molecule has 91 heavy (non-hydrogen) atoms. The van der Waals surface area contributed by atoms with Crippen LogP contribution in [-0.4, -0.2) is 87.4 Å². The molecule has 9 heteroatoms. The van der Waals surface area contributed by atoms with Crippen molar-refractivity contribution >= 4 is 17.9 Å². The number of hydrogen-bond acceptors (Lipinski definition) is 7. The summed E-state index contributed by atoms with van der Waals surface area (Å²) in [4.78, 5) is 37.7. The molecular weight excluding hydrogens is 1130 g/mol. The molecule has 2 unspecified atom stereocenters. The van der Waals surface area contributed by atoms with Gasteiger partial charge in [-0.2, -0.15) is 0 Å². The Balaban J connectivity index is 3.93. The van der Waals surface area contributed by atoms with Crippen LogP contribution in [0, 0.1) is 0 Å². The van der Waals surface area contributed by atoms with E-state index < -0.39 is 18.4 Å². The van der Waals surface area contributed by atoms with Crippen LogP contribution in [0.2, 0.25) is 0 Å². The topological polar surface area (TPSA) is 108 Å². The first-order chi connectivity index (χ1) is 44.6. The molecule has 0 amide bonds. The van der Waals surface area contributed by atoms with Gasteiger partial charge in [0.2, 0.25) is 0 Å². The second-order valence-electron chi connectivity index (χ2n) is 28.7. The maximum Gasteiger partial charge on any atom is 0.361 e. The zero-order valence-electron chi connectivity index (χ0n) is 61.5. The fourth-order valence-corrected chi connectivity index (χ4v) is 12.3. The van der Waals surface area contributed by atoms with Crippen molar-refractivity contribution in [2.45, 2.75) is 424 Å². The largest absolute Gasteiger partial charge is 0.477 e. The molecule has 2 atom stereocenters. The summed E-state index contributed by atoms with van der Waals surface area (Å²) in [6.45, 7) is 4.95. The van der Waals surface area contributed by atoms with Crippen molar-refractivity contribution in [2.75, 3.05) is 47.5 Å². The number of allylic oxidation sites excluding steroid dienone is 6. The molecular formula is C82H156NO8+. The van der Waals surface area contributed by atoms with Crippen molar-refractivity contribution in [2.24, 2.45) is 0 Å². The van der Waals surface area contributed by atoms with Crippen molar-refractivity contribution in [3.05, 3.63) is 36.5 Å². The molecule has 0 spiro atoms. The average molecular weight is 1280 g/mol. The van der Waals surface area contributed by atoms with Crippen molar-refractivity contribution in [1.82, 2.24) is 0 Å². The Hall–Kier alpha value is -2.49. The summed E-state index contributed by atoms with van der Waals surface area (Å²) in [7, 11) is 6.00. The van der Waals surface area contributed by atoms with Gasteiger partial charge >= 0.3 is 17.9 Å². The number of hydrogen-bond donors (Lipinski definition) is 1. The Bertz CT molecular complexity index is 1590. The average Bonchev–Trinajstić information content (AvgIpc) is 3.53. The monoisotopic (exact) mass is 1280 g/mol. The van der Waals surface area contributed by atoms with Crippen LogP contribution in [0.25, 0.3) is 0 Å². The van der Waals surface area contributed by atoms with Crippen molar-refractivity contribution < 1.29 is 42.9 Å². The van der Waals surface area contributed by atoms with Gasteiger partial charge in [0.25, 0.3) is 6.29 Å². The van der Waals surface area contributed by atoms with Crippen LogP contribution >= 0.6 is 0 Å². The Labute approximate surface area is 566 Å². The highest BCUT2D eigenvalue weighted by Crippen LogP contribution is 2.20. The van der Waals surface area contributed by atoms with Crippen molar-refractivity contribution in [1.29, 1.82) is 0 Å². The number of rotatable bonds is 76. The van der Waals surface area contributed by atoms with E-state index in [9.17, 15) is 19.5 Å². The van der Waals surface area contributed by atoms with E-state index in [2.05, 4.69) is 50.3 Å².